The molecule has 0 saturated carbocycles. The van der Waals surface area contributed by atoms with E-state index >= 15 is 0 Å². The SMILES string of the molecule is BCc1cc(CB)c(CB)c(C(=O)Oc2ccc(C(=O)OCCS(=O)(=O)O)c3ccccc23)c1. The van der Waals surface area contributed by atoms with Crippen molar-refractivity contribution in [3.8, 4) is 5.75 Å². The molecular formula is C23H25B3O7S. The lowest BCUT2D eigenvalue weighted by Crippen LogP contribution is -2.16. The Kier molecular flexibility index (Phi) is 8.22. The molecule has 0 unspecified atom stereocenters. The first-order valence-corrected chi connectivity index (χ1v) is 12.8. The van der Waals surface area contributed by atoms with Gasteiger partial charge in [-0.05, 0) is 29.1 Å². The van der Waals surface area contributed by atoms with Crippen LogP contribution in [0.15, 0.2) is 48.5 Å². The van der Waals surface area contributed by atoms with Crippen molar-refractivity contribution in [2.24, 2.45) is 0 Å². The Balaban J connectivity index is 1.95. The van der Waals surface area contributed by atoms with Gasteiger partial charge in [0.25, 0.3) is 10.1 Å². The Morgan fingerprint density at radius 3 is 2.18 bits per heavy atom. The first-order chi connectivity index (χ1) is 16.2. The van der Waals surface area contributed by atoms with E-state index in [2.05, 4.69) is 13.9 Å². The fourth-order valence-electron chi connectivity index (χ4n) is 3.93. The van der Waals surface area contributed by atoms with Crippen LogP contribution in [0, 0.1) is 0 Å². The van der Waals surface area contributed by atoms with Crippen LogP contribution in [0.4, 0.5) is 0 Å². The quantitative estimate of drug-likeness (QED) is 0.207. The van der Waals surface area contributed by atoms with E-state index in [1.807, 2.05) is 21.8 Å². The minimum Gasteiger partial charge on any atom is -0.461 e. The van der Waals surface area contributed by atoms with Crippen molar-refractivity contribution in [1.82, 2.24) is 0 Å². The van der Waals surface area contributed by atoms with Crippen LogP contribution in [0.1, 0.15) is 37.4 Å². The van der Waals surface area contributed by atoms with Gasteiger partial charge >= 0.3 is 11.9 Å². The Morgan fingerprint density at radius 2 is 1.56 bits per heavy atom. The van der Waals surface area contributed by atoms with Crippen molar-refractivity contribution in [2.75, 3.05) is 12.4 Å². The van der Waals surface area contributed by atoms with Gasteiger partial charge in [-0.25, -0.2) is 9.59 Å². The third-order valence-corrected chi connectivity index (χ3v) is 6.33. The standard InChI is InChI=1S/C23H25B3O7S/c24-11-14-9-15(12-25)20(13-26)19(10-14)23(28)33-21-6-5-18(16-3-1-2-4-17(16)21)22(27)32-7-8-34(29,30)31/h1-6,9-10H,7-8,11-13,24-26H2,(H,29,30,31). The number of ether oxygens (including phenoxy) is 2. The van der Waals surface area contributed by atoms with E-state index in [0.717, 1.165) is 29.3 Å². The number of esters is 2. The van der Waals surface area contributed by atoms with Gasteiger partial charge in [0.15, 0.2) is 0 Å². The molecule has 11 heteroatoms. The highest BCUT2D eigenvalue weighted by atomic mass is 32.2. The zero-order chi connectivity index (χ0) is 24.9. The summed E-state index contributed by atoms with van der Waals surface area (Å²) in [4.78, 5) is 25.8. The van der Waals surface area contributed by atoms with Gasteiger partial charge in [0, 0.05) is 5.39 Å². The molecule has 0 atom stereocenters. The van der Waals surface area contributed by atoms with E-state index < -0.39 is 34.4 Å². The summed E-state index contributed by atoms with van der Waals surface area (Å²) in [5.74, 6) is -1.59. The number of benzene rings is 3. The second-order valence-corrected chi connectivity index (χ2v) is 9.38. The van der Waals surface area contributed by atoms with E-state index in [0.29, 0.717) is 28.4 Å². The molecule has 0 bridgehead atoms. The maximum absolute atomic E-state index is 13.2. The predicted molar refractivity (Wildman–Crippen MR) is 139 cm³/mol. The molecule has 0 saturated heterocycles. The summed E-state index contributed by atoms with van der Waals surface area (Å²) in [6.07, 6.45) is 2.32. The van der Waals surface area contributed by atoms with Gasteiger partial charge in [-0.3, -0.25) is 4.55 Å². The average Bonchev–Trinajstić information content (AvgIpc) is 2.82. The lowest BCUT2D eigenvalue weighted by Gasteiger charge is -2.16. The first kappa shape index (κ1) is 25.6. The molecule has 34 heavy (non-hydrogen) atoms. The number of rotatable bonds is 9. The Bertz CT molecular complexity index is 1340. The lowest BCUT2D eigenvalue weighted by atomic mass is 9.81. The van der Waals surface area contributed by atoms with Crippen LogP contribution in [0.25, 0.3) is 10.8 Å². The largest absolute Gasteiger partial charge is 0.461 e. The molecule has 0 fully saturated rings. The molecule has 0 aliphatic carbocycles. The van der Waals surface area contributed by atoms with Crippen LogP contribution in [0.2, 0.25) is 0 Å². The molecular weight excluding hydrogens is 453 g/mol. The van der Waals surface area contributed by atoms with Gasteiger partial charge in [-0.2, -0.15) is 8.42 Å². The summed E-state index contributed by atoms with van der Waals surface area (Å²) >= 11 is 0. The smallest absolute Gasteiger partial charge is 0.343 e. The number of fused-ring (bicyclic) bond motifs is 1. The first-order valence-electron chi connectivity index (χ1n) is 11.2. The van der Waals surface area contributed by atoms with Gasteiger partial charge in [0.05, 0.1) is 11.1 Å². The summed E-state index contributed by atoms with van der Waals surface area (Å²) in [7, 11) is 1.87. The minimum atomic E-state index is -4.24. The number of hydrogen-bond acceptors (Lipinski definition) is 6. The van der Waals surface area contributed by atoms with Crippen LogP contribution in [-0.4, -0.2) is 60.8 Å². The van der Waals surface area contributed by atoms with Gasteiger partial charge in [-0.1, -0.05) is 60.4 Å². The van der Waals surface area contributed by atoms with E-state index in [9.17, 15) is 18.0 Å². The van der Waals surface area contributed by atoms with Crippen LogP contribution < -0.4 is 4.74 Å². The Hall–Kier alpha value is -3.04. The van der Waals surface area contributed by atoms with Gasteiger partial charge in [-0.15, -0.1) is 0 Å². The third-order valence-electron chi connectivity index (χ3n) is 5.65. The van der Waals surface area contributed by atoms with Crippen molar-refractivity contribution in [3.05, 3.63) is 76.3 Å². The molecule has 1 N–H and O–H groups in total. The highest BCUT2D eigenvalue weighted by Gasteiger charge is 2.20. The normalized spacial score (nSPS) is 11.3. The Labute approximate surface area is 201 Å². The predicted octanol–water partition coefficient (Wildman–Crippen LogP) is 0.503. The average molecular weight is 478 g/mol. The zero-order valence-electron chi connectivity index (χ0n) is 19.5. The van der Waals surface area contributed by atoms with Crippen LogP contribution in [-0.2, 0) is 33.8 Å². The van der Waals surface area contributed by atoms with Crippen LogP contribution >= 0.6 is 0 Å². The van der Waals surface area contributed by atoms with E-state index in [4.69, 9.17) is 14.0 Å². The molecule has 0 aliphatic heterocycles. The highest BCUT2D eigenvalue weighted by molar-refractivity contribution is 7.85. The summed E-state index contributed by atoms with van der Waals surface area (Å²) in [5.41, 5.74) is 3.89. The fraction of sp³-hybridized carbons (Fsp3) is 0.217. The van der Waals surface area contributed by atoms with Gasteiger partial charge < -0.3 is 9.47 Å². The minimum absolute atomic E-state index is 0.196. The number of hydrogen-bond donors (Lipinski definition) is 1. The molecule has 0 aliphatic rings. The number of carbonyl (C=O) groups excluding carboxylic acids is 2. The number of carbonyl (C=O) groups is 2. The lowest BCUT2D eigenvalue weighted by molar-refractivity contribution is 0.0530. The molecule has 0 heterocycles. The summed E-state index contributed by atoms with van der Waals surface area (Å²) in [5, 5.41) is 1.04. The molecule has 3 rings (SSSR count). The summed E-state index contributed by atoms with van der Waals surface area (Å²) in [6.45, 7) is -0.476. The summed E-state index contributed by atoms with van der Waals surface area (Å²) < 4.78 is 41.4. The molecule has 7 nitrogen and oxygen atoms in total. The van der Waals surface area contributed by atoms with Crippen molar-refractivity contribution in [2.45, 2.75) is 19.0 Å². The van der Waals surface area contributed by atoms with E-state index in [1.165, 1.54) is 12.1 Å². The maximum Gasteiger partial charge on any atom is 0.343 e. The molecule has 0 spiro atoms. The molecule has 3 aromatic rings. The van der Waals surface area contributed by atoms with Crippen molar-refractivity contribution in [3.63, 3.8) is 0 Å². The molecule has 3 aromatic carbocycles. The third kappa shape index (κ3) is 5.90. The molecule has 174 valence electrons. The van der Waals surface area contributed by atoms with E-state index in [-0.39, 0.29) is 5.56 Å². The second-order valence-electron chi connectivity index (χ2n) is 7.81. The molecule has 0 amide bonds. The fourth-order valence-corrected chi connectivity index (χ4v) is 4.22. The summed E-state index contributed by atoms with van der Waals surface area (Å²) in [6, 6.07) is 13.9. The van der Waals surface area contributed by atoms with Crippen LogP contribution in [0.3, 0.4) is 0 Å². The zero-order valence-corrected chi connectivity index (χ0v) is 20.3. The monoisotopic (exact) mass is 478 g/mol. The topological polar surface area (TPSA) is 107 Å². The van der Waals surface area contributed by atoms with Crippen molar-refractivity contribution < 1.29 is 32.0 Å². The molecule has 0 radical (unpaired) electrons. The maximum atomic E-state index is 13.2. The second kappa shape index (κ2) is 10.9. The van der Waals surface area contributed by atoms with Gasteiger partial charge in [0.1, 0.15) is 41.6 Å². The van der Waals surface area contributed by atoms with Crippen molar-refractivity contribution >= 4 is 56.4 Å². The van der Waals surface area contributed by atoms with Crippen LogP contribution in [0.5, 0.6) is 5.75 Å². The van der Waals surface area contributed by atoms with Crippen molar-refractivity contribution in [1.29, 1.82) is 0 Å². The van der Waals surface area contributed by atoms with Gasteiger partial charge in [0.2, 0.25) is 0 Å². The van der Waals surface area contributed by atoms with E-state index in [1.54, 1.807) is 24.3 Å². The highest BCUT2D eigenvalue weighted by Crippen LogP contribution is 2.30. The molecule has 0 aromatic heterocycles. The Morgan fingerprint density at radius 1 is 0.853 bits per heavy atom.